The summed E-state index contributed by atoms with van der Waals surface area (Å²) in [6.07, 6.45) is 1.52. The summed E-state index contributed by atoms with van der Waals surface area (Å²) in [7, 11) is 1.60. The van der Waals surface area contributed by atoms with Gasteiger partial charge in [-0.2, -0.15) is 4.98 Å². The fraction of sp³-hybridized carbons (Fsp3) is 0.250. The Morgan fingerprint density at radius 2 is 1.87 bits per heavy atom. The number of nitrogens with one attached hydrogen (secondary N) is 1. The summed E-state index contributed by atoms with van der Waals surface area (Å²) >= 11 is 11.9. The molecule has 31 heavy (non-hydrogen) atoms. The van der Waals surface area contributed by atoms with Gasteiger partial charge in [0, 0.05) is 38.1 Å². The number of rotatable bonds is 5. The number of nitrogens with zero attached hydrogens (tertiary/aromatic N) is 5. The van der Waals surface area contributed by atoms with Crippen LogP contribution in [0.5, 0.6) is 0 Å². The van der Waals surface area contributed by atoms with Gasteiger partial charge in [-0.3, -0.25) is 0 Å². The van der Waals surface area contributed by atoms with E-state index in [0.717, 1.165) is 25.0 Å². The van der Waals surface area contributed by atoms with Crippen molar-refractivity contribution in [2.75, 3.05) is 48.5 Å². The van der Waals surface area contributed by atoms with Gasteiger partial charge in [-0.25, -0.2) is 18.7 Å². The minimum absolute atomic E-state index is 0.0811. The van der Waals surface area contributed by atoms with E-state index < -0.39 is 16.7 Å². The monoisotopic (exact) mass is 466 g/mol. The number of anilines is 5. The fourth-order valence-electron chi connectivity index (χ4n) is 3.13. The first-order valence-corrected chi connectivity index (χ1v) is 10.2. The van der Waals surface area contributed by atoms with Crippen LogP contribution in [-0.4, -0.2) is 48.3 Å². The molecule has 1 aromatic carbocycles. The first kappa shape index (κ1) is 21.5. The van der Waals surface area contributed by atoms with Gasteiger partial charge in [0.25, 0.3) is 0 Å². The van der Waals surface area contributed by atoms with Crippen LogP contribution in [0.3, 0.4) is 0 Å². The molecule has 1 aliphatic heterocycles. The summed E-state index contributed by atoms with van der Waals surface area (Å²) in [5.74, 6) is -0.323. The van der Waals surface area contributed by atoms with Crippen LogP contribution < -0.4 is 15.1 Å². The molecule has 0 unspecified atom stereocenters. The van der Waals surface area contributed by atoms with Gasteiger partial charge >= 0.3 is 0 Å². The molecule has 162 valence electrons. The van der Waals surface area contributed by atoms with Crippen LogP contribution in [0.1, 0.15) is 0 Å². The third-order valence-electron chi connectivity index (χ3n) is 4.73. The largest absolute Gasteiger partial charge is 0.378 e. The first-order chi connectivity index (χ1) is 14.9. The highest BCUT2D eigenvalue weighted by Crippen LogP contribution is 2.31. The van der Waals surface area contributed by atoms with E-state index in [-0.39, 0.29) is 11.6 Å². The molecule has 7 nitrogen and oxygen atoms in total. The smallest absolute Gasteiger partial charge is 0.229 e. The Labute approximate surface area is 187 Å². The van der Waals surface area contributed by atoms with E-state index in [2.05, 4.69) is 25.2 Å². The molecule has 3 heterocycles. The maximum absolute atomic E-state index is 14.4. The second-order valence-corrected chi connectivity index (χ2v) is 7.52. The highest BCUT2D eigenvalue weighted by Gasteiger charge is 2.18. The zero-order chi connectivity index (χ0) is 22.0. The predicted molar refractivity (Wildman–Crippen MR) is 117 cm³/mol. The number of benzene rings is 1. The number of halogens is 4. The summed E-state index contributed by atoms with van der Waals surface area (Å²) in [6, 6.07) is 7.49. The third kappa shape index (κ3) is 4.79. The van der Waals surface area contributed by atoms with Gasteiger partial charge in [-0.1, -0.05) is 23.2 Å². The average Bonchev–Trinajstić information content (AvgIpc) is 2.77. The van der Waals surface area contributed by atoms with Crippen LogP contribution in [0, 0.1) is 11.6 Å². The zero-order valence-electron chi connectivity index (χ0n) is 16.4. The minimum Gasteiger partial charge on any atom is -0.378 e. The molecule has 0 bridgehead atoms. The SMILES string of the molecule is CN(c1ccnc(Nc2cc(Cl)nc(N3CCOCC3)c2)n1)c1ccc(F)c(Cl)c1F. The van der Waals surface area contributed by atoms with E-state index >= 15 is 0 Å². The highest BCUT2D eigenvalue weighted by atomic mass is 35.5. The lowest BCUT2D eigenvalue weighted by Gasteiger charge is -2.28. The quantitative estimate of drug-likeness (QED) is 0.427. The Balaban J connectivity index is 1.58. The van der Waals surface area contributed by atoms with Gasteiger partial charge in [0.05, 0.1) is 18.9 Å². The standard InChI is InChI=1S/C20H18Cl2F2N6O/c1-29(14-3-2-13(23)18(22)19(14)24)16-4-5-25-20(28-16)26-12-10-15(21)27-17(11-12)30-6-8-31-9-7-30/h2-5,10-11H,6-9H2,1H3,(H,25,26,27,28). The van der Waals surface area contributed by atoms with Crippen molar-refractivity contribution < 1.29 is 13.5 Å². The predicted octanol–water partition coefficient (Wildman–Crippen LogP) is 4.80. The molecule has 0 radical (unpaired) electrons. The molecule has 0 saturated carbocycles. The number of aromatic nitrogens is 3. The van der Waals surface area contributed by atoms with Crippen molar-refractivity contribution in [2.24, 2.45) is 0 Å². The summed E-state index contributed by atoms with van der Waals surface area (Å²) in [5, 5.41) is 2.85. The van der Waals surface area contributed by atoms with Crippen molar-refractivity contribution >= 4 is 52.2 Å². The molecule has 1 saturated heterocycles. The van der Waals surface area contributed by atoms with Gasteiger partial charge < -0.3 is 19.9 Å². The normalized spacial score (nSPS) is 13.9. The molecule has 0 amide bonds. The fourth-order valence-corrected chi connectivity index (χ4v) is 3.50. The van der Waals surface area contributed by atoms with E-state index in [1.807, 2.05) is 6.07 Å². The van der Waals surface area contributed by atoms with Crippen molar-refractivity contribution in [1.29, 1.82) is 0 Å². The maximum atomic E-state index is 14.4. The Bertz CT molecular complexity index is 1100. The topological polar surface area (TPSA) is 66.4 Å². The summed E-state index contributed by atoms with van der Waals surface area (Å²) < 4.78 is 33.3. The first-order valence-electron chi connectivity index (χ1n) is 9.40. The van der Waals surface area contributed by atoms with Crippen molar-refractivity contribution in [2.45, 2.75) is 0 Å². The van der Waals surface area contributed by atoms with Gasteiger partial charge in [0.1, 0.15) is 27.6 Å². The minimum atomic E-state index is -0.867. The Morgan fingerprint density at radius 3 is 2.65 bits per heavy atom. The van der Waals surface area contributed by atoms with Gasteiger partial charge in [-0.15, -0.1) is 0 Å². The van der Waals surface area contributed by atoms with Crippen molar-refractivity contribution in [1.82, 2.24) is 15.0 Å². The number of pyridine rings is 1. The second kappa shape index (κ2) is 9.17. The molecule has 1 aliphatic rings. The molecule has 2 aromatic heterocycles. The molecule has 4 rings (SSSR count). The van der Waals surface area contributed by atoms with E-state index in [1.165, 1.54) is 17.2 Å². The average molecular weight is 467 g/mol. The molecule has 0 aliphatic carbocycles. The van der Waals surface area contributed by atoms with E-state index in [9.17, 15) is 8.78 Å². The summed E-state index contributed by atoms with van der Waals surface area (Å²) in [5.41, 5.74) is 0.731. The second-order valence-electron chi connectivity index (χ2n) is 6.75. The lowest BCUT2D eigenvalue weighted by atomic mass is 10.2. The van der Waals surface area contributed by atoms with Gasteiger partial charge in [-0.05, 0) is 24.3 Å². The van der Waals surface area contributed by atoms with E-state index in [4.69, 9.17) is 27.9 Å². The molecule has 1 fully saturated rings. The number of ether oxygens (including phenoxy) is 1. The van der Waals surface area contributed by atoms with Crippen LogP contribution in [0.25, 0.3) is 0 Å². The zero-order valence-corrected chi connectivity index (χ0v) is 18.0. The van der Waals surface area contributed by atoms with Crippen LogP contribution in [0.15, 0.2) is 36.5 Å². The lowest BCUT2D eigenvalue weighted by Crippen LogP contribution is -2.36. The molecule has 0 spiro atoms. The van der Waals surface area contributed by atoms with Crippen molar-refractivity contribution in [3.63, 3.8) is 0 Å². The molecule has 1 N–H and O–H groups in total. The van der Waals surface area contributed by atoms with E-state index in [0.29, 0.717) is 29.9 Å². The summed E-state index contributed by atoms with van der Waals surface area (Å²) in [4.78, 5) is 16.5. The third-order valence-corrected chi connectivity index (χ3v) is 5.27. The lowest BCUT2D eigenvalue weighted by molar-refractivity contribution is 0.122. The van der Waals surface area contributed by atoms with Crippen LogP contribution in [-0.2, 0) is 4.74 Å². The Hall–Kier alpha value is -2.75. The van der Waals surface area contributed by atoms with Crippen LogP contribution >= 0.6 is 23.2 Å². The molecular weight excluding hydrogens is 449 g/mol. The van der Waals surface area contributed by atoms with Gasteiger partial charge in [0.15, 0.2) is 5.82 Å². The van der Waals surface area contributed by atoms with Crippen molar-refractivity contribution in [3.8, 4) is 0 Å². The molecule has 11 heteroatoms. The maximum Gasteiger partial charge on any atom is 0.229 e. The summed E-state index contributed by atoms with van der Waals surface area (Å²) in [6.45, 7) is 2.68. The van der Waals surface area contributed by atoms with Gasteiger partial charge in [0.2, 0.25) is 5.95 Å². The molecule has 0 atom stereocenters. The number of hydrogen-bond donors (Lipinski definition) is 1. The van der Waals surface area contributed by atoms with Crippen LogP contribution in [0.4, 0.5) is 37.7 Å². The molecule has 3 aromatic rings. The highest BCUT2D eigenvalue weighted by molar-refractivity contribution is 6.31. The van der Waals surface area contributed by atoms with Crippen molar-refractivity contribution in [3.05, 3.63) is 58.3 Å². The number of morpholine rings is 1. The Kier molecular flexibility index (Phi) is 6.35. The Morgan fingerprint density at radius 1 is 1.10 bits per heavy atom. The van der Waals surface area contributed by atoms with E-state index in [1.54, 1.807) is 19.2 Å². The van der Waals surface area contributed by atoms with Crippen LogP contribution in [0.2, 0.25) is 10.2 Å². The molecular formula is C20H18Cl2F2N6O. The number of hydrogen-bond acceptors (Lipinski definition) is 7.